The molecule has 7 nitrogen and oxygen atoms in total. The molecule has 3 aromatic rings. The Morgan fingerprint density at radius 1 is 0.938 bits per heavy atom. The number of ether oxygens (including phenoxy) is 1. The van der Waals surface area contributed by atoms with E-state index in [0.29, 0.717) is 11.6 Å². The highest BCUT2D eigenvalue weighted by molar-refractivity contribution is 5.65. The molecule has 0 spiro atoms. The van der Waals surface area contributed by atoms with Crippen LogP contribution in [0.4, 0.5) is 0 Å². The molecule has 32 heavy (non-hydrogen) atoms. The predicted molar refractivity (Wildman–Crippen MR) is 121 cm³/mol. The van der Waals surface area contributed by atoms with Crippen LogP contribution in [0.15, 0.2) is 60.9 Å². The van der Waals surface area contributed by atoms with Gasteiger partial charge in [0.05, 0.1) is 26.4 Å². The van der Waals surface area contributed by atoms with Crippen LogP contribution in [0.25, 0.3) is 11.1 Å². The lowest BCUT2D eigenvalue weighted by Gasteiger charge is -2.14. The summed E-state index contributed by atoms with van der Waals surface area (Å²) in [6, 6.07) is 14.9. The van der Waals surface area contributed by atoms with E-state index in [1.165, 1.54) is 0 Å². The number of imidazole rings is 1. The average molecular weight is 437 g/mol. The Balaban J connectivity index is 1.67. The Morgan fingerprint density at radius 3 is 2.12 bits per heavy atom. The quantitative estimate of drug-likeness (QED) is 0.383. The summed E-state index contributed by atoms with van der Waals surface area (Å²) in [4.78, 5) is 4.12. The normalized spacial score (nSPS) is 12.8. The fourth-order valence-corrected chi connectivity index (χ4v) is 3.15. The van der Waals surface area contributed by atoms with Crippen LogP contribution >= 0.6 is 0 Å². The summed E-state index contributed by atoms with van der Waals surface area (Å²) in [5, 5.41) is 37.8. The molecule has 0 aliphatic rings. The van der Waals surface area contributed by atoms with Crippen LogP contribution in [0, 0.1) is 17.8 Å². The molecule has 0 radical (unpaired) electrons. The number of aliphatic hydroxyl groups is 4. The van der Waals surface area contributed by atoms with Gasteiger partial charge < -0.3 is 29.7 Å². The molecule has 7 heteroatoms. The zero-order chi connectivity index (χ0) is 22.9. The standard InChI is InChI=1S/C25H28N2O5/c1-18(31)25-26-12-13-27(25)23(16-30)9-4-19-2-5-21(6-3-19)22-7-10-24(11-8-22)32-17-20(14-28)15-29/h2-3,5-8,10-13,18,20,23,28-31H,14-17H2,1H3. The summed E-state index contributed by atoms with van der Waals surface area (Å²) in [5.74, 6) is 6.96. The molecule has 1 aromatic heterocycles. The molecule has 0 saturated heterocycles. The van der Waals surface area contributed by atoms with E-state index >= 15 is 0 Å². The molecule has 0 bridgehead atoms. The van der Waals surface area contributed by atoms with Gasteiger partial charge in [-0.15, -0.1) is 0 Å². The van der Waals surface area contributed by atoms with Gasteiger partial charge in [0.15, 0.2) is 0 Å². The number of hydrogen-bond donors (Lipinski definition) is 4. The van der Waals surface area contributed by atoms with E-state index in [0.717, 1.165) is 16.7 Å². The Kier molecular flexibility index (Phi) is 8.42. The molecule has 0 fully saturated rings. The molecule has 1 heterocycles. The molecule has 168 valence electrons. The SMILES string of the molecule is CC(O)c1nccn1C(C#Cc1ccc(-c2ccc(OCC(CO)CO)cc2)cc1)CO. The van der Waals surface area contributed by atoms with Crippen molar-refractivity contribution in [1.29, 1.82) is 0 Å². The van der Waals surface area contributed by atoms with Crippen LogP contribution < -0.4 is 4.74 Å². The van der Waals surface area contributed by atoms with Crippen molar-refractivity contribution < 1.29 is 25.2 Å². The lowest BCUT2D eigenvalue weighted by atomic mass is 10.0. The third-order valence-electron chi connectivity index (χ3n) is 5.04. The van der Waals surface area contributed by atoms with Gasteiger partial charge in [0.1, 0.15) is 23.7 Å². The van der Waals surface area contributed by atoms with Crippen molar-refractivity contribution in [2.45, 2.75) is 19.1 Å². The summed E-state index contributed by atoms with van der Waals surface area (Å²) in [5.41, 5.74) is 2.85. The number of benzene rings is 2. The van der Waals surface area contributed by atoms with E-state index in [1.807, 2.05) is 48.5 Å². The number of aromatic nitrogens is 2. The monoisotopic (exact) mass is 436 g/mol. The van der Waals surface area contributed by atoms with Crippen LogP contribution in [0.5, 0.6) is 5.75 Å². The second kappa shape index (κ2) is 11.5. The van der Waals surface area contributed by atoms with Crippen molar-refractivity contribution in [1.82, 2.24) is 9.55 Å². The Bertz CT molecular complexity index is 1030. The van der Waals surface area contributed by atoms with Crippen molar-refractivity contribution in [2.75, 3.05) is 26.4 Å². The van der Waals surface area contributed by atoms with Crippen LogP contribution in [0.3, 0.4) is 0 Å². The lowest BCUT2D eigenvalue weighted by molar-refractivity contribution is 0.106. The molecule has 0 saturated carbocycles. The van der Waals surface area contributed by atoms with Crippen LogP contribution in [-0.2, 0) is 0 Å². The van der Waals surface area contributed by atoms with E-state index < -0.39 is 12.1 Å². The molecule has 0 amide bonds. The van der Waals surface area contributed by atoms with Crippen molar-refractivity contribution in [3.8, 4) is 28.7 Å². The van der Waals surface area contributed by atoms with Crippen LogP contribution in [0.1, 0.15) is 30.5 Å². The molecular formula is C25H28N2O5. The highest BCUT2D eigenvalue weighted by Gasteiger charge is 2.14. The number of hydrogen-bond acceptors (Lipinski definition) is 6. The Labute approximate surface area is 187 Å². The fourth-order valence-electron chi connectivity index (χ4n) is 3.15. The molecule has 4 N–H and O–H groups in total. The minimum atomic E-state index is -0.747. The zero-order valence-electron chi connectivity index (χ0n) is 17.9. The summed E-state index contributed by atoms with van der Waals surface area (Å²) in [6.07, 6.45) is 2.53. The molecule has 2 unspecified atom stereocenters. The molecule has 0 aliphatic heterocycles. The first-order valence-electron chi connectivity index (χ1n) is 10.4. The second-order valence-corrected chi connectivity index (χ2v) is 7.48. The average Bonchev–Trinajstić information content (AvgIpc) is 3.31. The topological polar surface area (TPSA) is 108 Å². The van der Waals surface area contributed by atoms with Gasteiger partial charge in [-0.1, -0.05) is 36.1 Å². The molecule has 3 rings (SSSR count). The number of nitrogens with zero attached hydrogens (tertiary/aromatic N) is 2. The highest BCUT2D eigenvalue weighted by Crippen LogP contribution is 2.23. The van der Waals surface area contributed by atoms with E-state index in [4.69, 9.17) is 14.9 Å². The number of aliphatic hydroxyl groups excluding tert-OH is 4. The lowest BCUT2D eigenvalue weighted by Crippen LogP contribution is -2.19. The first kappa shape index (κ1) is 23.5. The van der Waals surface area contributed by atoms with Crippen molar-refractivity contribution in [3.63, 3.8) is 0 Å². The number of rotatable bonds is 9. The fraction of sp³-hybridized carbons (Fsp3) is 0.320. The van der Waals surface area contributed by atoms with Gasteiger partial charge in [0.2, 0.25) is 0 Å². The van der Waals surface area contributed by atoms with Crippen molar-refractivity contribution >= 4 is 0 Å². The van der Waals surface area contributed by atoms with Crippen molar-refractivity contribution in [2.24, 2.45) is 5.92 Å². The molecular weight excluding hydrogens is 408 g/mol. The minimum absolute atomic E-state index is 0.118. The van der Waals surface area contributed by atoms with Crippen LogP contribution in [0.2, 0.25) is 0 Å². The summed E-state index contributed by atoms with van der Waals surface area (Å²) < 4.78 is 7.28. The Hall–Kier alpha value is -3.15. The maximum absolute atomic E-state index is 9.81. The van der Waals surface area contributed by atoms with Gasteiger partial charge >= 0.3 is 0 Å². The first-order chi connectivity index (χ1) is 15.5. The molecule has 2 aromatic carbocycles. The van der Waals surface area contributed by atoms with Gasteiger partial charge in [-0.25, -0.2) is 4.98 Å². The van der Waals surface area contributed by atoms with Gasteiger partial charge in [0, 0.05) is 23.9 Å². The molecule has 0 aliphatic carbocycles. The van der Waals surface area contributed by atoms with E-state index in [9.17, 15) is 10.2 Å². The maximum atomic E-state index is 9.81. The smallest absolute Gasteiger partial charge is 0.138 e. The van der Waals surface area contributed by atoms with Gasteiger partial charge in [-0.3, -0.25) is 0 Å². The minimum Gasteiger partial charge on any atom is -0.493 e. The summed E-state index contributed by atoms with van der Waals surface area (Å²) in [7, 11) is 0. The van der Waals surface area contributed by atoms with E-state index in [-0.39, 0.29) is 32.3 Å². The van der Waals surface area contributed by atoms with E-state index in [2.05, 4.69) is 16.8 Å². The van der Waals surface area contributed by atoms with E-state index in [1.54, 1.807) is 23.9 Å². The largest absolute Gasteiger partial charge is 0.493 e. The van der Waals surface area contributed by atoms with Gasteiger partial charge in [0.25, 0.3) is 0 Å². The maximum Gasteiger partial charge on any atom is 0.138 e. The first-order valence-corrected chi connectivity index (χ1v) is 10.4. The summed E-state index contributed by atoms with van der Waals surface area (Å²) in [6.45, 7) is 1.46. The second-order valence-electron chi connectivity index (χ2n) is 7.48. The third-order valence-corrected chi connectivity index (χ3v) is 5.04. The van der Waals surface area contributed by atoms with Crippen molar-refractivity contribution in [3.05, 3.63) is 72.3 Å². The zero-order valence-corrected chi connectivity index (χ0v) is 17.9. The third kappa shape index (κ3) is 5.96. The Morgan fingerprint density at radius 2 is 1.56 bits per heavy atom. The predicted octanol–water partition coefficient (Wildman–Crippen LogP) is 2.17. The summed E-state index contributed by atoms with van der Waals surface area (Å²) >= 11 is 0. The van der Waals surface area contributed by atoms with Crippen LogP contribution in [-0.4, -0.2) is 56.4 Å². The molecule has 2 atom stereocenters. The highest BCUT2D eigenvalue weighted by atomic mass is 16.5. The van der Waals surface area contributed by atoms with Gasteiger partial charge in [-0.05, 0) is 42.3 Å². The van der Waals surface area contributed by atoms with Gasteiger partial charge in [-0.2, -0.15) is 0 Å².